The van der Waals surface area contributed by atoms with E-state index in [9.17, 15) is 9.59 Å². The molecule has 0 aliphatic heterocycles. The molecule has 0 aliphatic carbocycles. The van der Waals surface area contributed by atoms with Gasteiger partial charge < -0.3 is 5.32 Å². The lowest BCUT2D eigenvalue weighted by Gasteiger charge is -2.07. The van der Waals surface area contributed by atoms with Crippen molar-refractivity contribution < 1.29 is 9.59 Å². The van der Waals surface area contributed by atoms with Crippen LogP contribution in [0.1, 0.15) is 54.9 Å². The molecule has 0 spiro atoms. The fourth-order valence-corrected chi connectivity index (χ4v) is 3.00. The largest absolute Gasteiger partial charge is 0.326 e. The van der Waals surface area contributed by atoms with Crippen LogP contribution in [0.3, 0.4) is 0 Å². The first-order valence-corrected chi connectivity index (χ1v) is 10.7. The monoisotopic (exact) mass is 397 g/mol. The van der Waals surface area contributed by atoms with Gasteiger partial charge in [-0.2, -0.15) is 5.10 Å². The molecule has 0 bridgehead atoms. The lowest BCUT2D eigenvalue weighted by molar-refractivity contribution is -0.116. The zero-order valence-electron chi connectivity index (χ0n) is 16.4. The van der Waals surface area contributed by atoms with Crippen molar-refractivity contribution in [3.63, 3.8) is 0 Å². The zero-order valence-corrected chi connectivity index (χ0v) is 17.2. The smallest absolute Gasteiger partial charge is 0.271 e. The molecule has 0 aliphatic rings. The van der Waals surface area contributed by atoms with Crippen LogP contribution in [0.2, 0.25) is 0 Å². The third kappa shape index (κ3) is 7.56. The van der Waals surface area contributed by atoms with Crippen molar-refractivity contribution in [2.75, 3.05) is 11.6 Å². The Labute approximate surface area is 171 Å². The molecule has 28 heavy (non-hydrogen) atoms. The molecule has 148 valence electrons. The van der Waals surface area contributed by atoms with Crippen molar-refractivity contribution in [2.45, 2.75) is 43.9 Å². The minimum Gasteiger partial charge on any atom is -0.326 e. The summed E-state index contributed by atoms with van der Waals surface area (Å²) >= 11 is 1.67. The first kappa shape index (κ1) is 21.7. The number of rotatable bonds is 10. The van der Waals surface area contributed by atoms with Gasteiger partial charge in [-0.1, -0.05) is 44.4 Å². The van der Waals surface area contributed by atoms with E-state index in [0.717, 1.165) is 31.2 Å². The second-order valence-corrected chi connectivity index (χ2v) is 7.29. The van der Waals surface area contributed by atoms with Crippen molar-refractivity contribution in [3.8, 4) is 0 Å². The molecular weight excluding hydrogens is 370 g/mol. The van der Waals surface area contributed by atoms with Crippen LogP contribution in [-0.4, -0.2) is 24.3 Å². The molecule has 0 radical (unpaired) electrons. The quantitative estimate of drug-likeness (QED) is 0.254. The number of anilines is 1. The normalized spacial score (nSPS) is 10.8. The number of benzene rings is 2. The van der Waals surface area contributed by atoms with E-state index in [1.54, 1.807) is 42.2 Å². The molecule has 0 aromatic heterocycles. The van der Waals surface area contributed by atoms with Crippen LogP contribution in [0, 0.1) is 0 Å². The minimum absolute atomic E-state index is 0.0274. The summed E-state index contributed by atoms with van der Waals surface area (Å²) in [6.45, 7) is 2.14. The van der Waals surface area contributed by atoms with Gasteiger partial charge in [0.1, 0.15) is 0 Å². The fraction of sp³-hybridized carbons (Fsp3) is 0.318. The van der Waals surface area contributed by atoms with Crippen LogP contribution in [0.4, 0.5) is 5.69 Å². The number of hydrogen-bond acceptors (Lipinski definition) is 4. The van der Waals surface area contributed by atoms with Crippen molar-refractivity contribution in [1.29, 1.82) is 0 Å². The molecule has 6 heteroatoms. The molecule has 0 saturated heterocycles. The molecule has 2 aromatic rings. The highest BCUT2D eigenvalue weighted by Gasteiger charge is 2.07. The first-order chi connectivity index (χ1) is 13.6. The van der Waals surface area contributed by atoms with Crippen molar-refractivity contribution in [3.05, 3.63) is 59.7 Å². The van der Waals surface area contributed by atoms with Gasteiger partial charge in [-0.05, 0) is 48.6 Å². The van der Waals surface area contributed by atoms with E-state index >= 15 is 0 Å². The summed E-state index contributed by atoms with van der Waals surface area (Å²) in [6.07, 6.45) is 8.35. The first-order valence-electron chi connectivity index (χ1n) is 9.49. The summed E-state index contributed by atoms with van der Waals surface area (Å²) in [7, 11) is 0. The highest BCUT2D eigenvalue weighted by molar-refractivity contribution is 7.98. The van der Waals surface area contributed by atoms with Crippen molar-refractivity contribution >= 4 is 35.5 Å². The van der Waals surface area contributed by atoms with E-state index in [4.69, 9.17) is 0 Å². The second kappa shape index (κ2) is 12.0. The van der Waals surface area contributed by atoms with E-state index in [2.05, 4.69) is 22.8 Å². The predicted octanol–water partition coefficient (Wildman–Crippen LogP) is 5.08. The molecule has 2 amide bonds. The number of unbranched alkanes of at least 4 members (excludes halogenated alkanes) is 3. The molecule has 0 heterocycles. The third-order valence-corrected chi connectivity index (χ3v) is 4.90. The van der Waals surface area contributed by atoms with E-state index in [-0.39, 0.29) is 11.8 Å². The number of carbonyl (C=O) groups excluding carboxylic acids is 2. The molecule has 0 fully saturated rings. The summed E-state index contributed by atoms with van der Waals surface area (Å²) in [4.78, 5) is 25.4. The van der Waals surface area contributed by atoms with Crippen molar-refractivity contribution in [2.24, 2.45) is 5.10 Å². The Morgan fingerprint density at radius 2 is 1.86 bits per heavy atom. The maximum Gasteiger partial charge on any atom is 0.271 e. The van der Waals surface area contributed by atoms with Crippen LogP contribution in [-0.2, 0) is 4.79 Å². The molecule has 0 atom stereocenters. The van der Waals surface area contributed by atoms with Crippen LogP contribution < -0.4 is 10.7 Å². The second-order valence-electron chi connectivity index (χ2n) is 6.41. The summed E-state index contributed by atoms with van der Waals surface area (Å²) in [5, 5.41) is 6.85. The predicted molar refractivity (Wildman–Crippen MR) is 117 cm³/mol. The number of carbonyl (C=O) groups is 2. The third-order valence-electron chi connectivity index (χ3n) is 4.16. The summed E-state index contributed by atoms with van der Waals surface area (Å²) in [6, 6.07) is 14.8. The number of nitrogens with zero attached hydrogens (tertiary/aromatic N) is 1. The lowest BCUT2D eigenvalue weighted by atomic mass is 10.1. The topological polar surface area (TPSA) is 70.6 Å². The molecule has 0 unspecified atom stereocenters. The van der Waals surface area contributed by atoms with E-state index < -0.39 is 0 Å². The van der Waals surface area contributed by atoms with E-state index in [1.165, 1.54) is 4.90 Å². The fourth-order valence-electron chi connectivity index (χ4n) is 2.59. The van der Waals surface area contributed by atoms with Gasteiger partial charge in [0, 0.05) is 22.6 Å². The minimum atomic E-state index is -0.323. The van der Waals surface area contributed by atoms with Gasteiger partial charge in [0.25, 0.3) is 5.91 Å². The Kier molecular flexibility index (Phi) is 9.28. The molecular formula is C22H27N3O2S. The maximum atomic E-state index is 12.3. The van der Waals surface area contributed by atoms with Crippen molar-refractivity contribution in [1.82, 2.24) is 5.43 Å². The van der Waals surface area contributed by atoms with Gasteiger partial charge >= 0.3 is 0 Å². The highest BCUT2D eigenvalue weighted by Crippen LogP contribution is 2.14. The zero-order chi connectivity index (χ0) is 20.2. The van der Waals surface area contributed by atoms with Crippen LogP contribution in [0.5, 0.6) is 0 Å². The van der Waals surface area contributed by atoms with Gasteiger partial charge in [-0.25, -0.2) is 5.43 Å². The summed E-state index contributed by atoms with van der Waals surface area (Å²) in [5.41, 5.74) is 4.48. The molecule has 2 rings (SSSR count). The average molecular weight is 398 g/mol. The van der Waals surface area contributed by atoms with Gasteiger partial charge in [0.15, 0.2) is 0 Å². The average Bonchev–Trinajstić information content (AvgIpc) is 2.72. The van der Waals surface area contributed by atoms with E-state index in [1.807, 2.05) is 30.5 Å². The number of hydrazone groups is 1. The lowest BCUT2D eigenvalue weighted by Crippen LogP contribution is -2.18. The summed E-state index contributed by atoms with van der Waals surface area (Å²) in [5.74, 6) is -0.351. The maximum absolute atomic E-state index is 12.3. The Morgan fingerprint density at radius 3 is 2.57 bits per heavy atom. The Balaban J connectivity index is 1.86. The molecule has 0 saturated carbocycles. The van der Waals surface area contributed by atoms with Crippen LogP contribution in [0.25, 0.3) is 0 Å². The molecule has 2 aromatic carbocycles. The Hall–Kier alpha value is -2.60. The van der Waals surface area contributed by atoms with Gasteiger partial charge in [0.05, 0.1) is 6.21 Å². The van der Waals surface area contributed by atoms with Gasteiger partial charge in [0.2, 0.25) is 5.91 Å². The number of nitrogens with one attached hydrogen (secondary N) is 2. The Morgan fingerprint density at radius 1 is 1.07 bits per heavy atom. The SMILES string of the molecule is CCCCCCC(=O)Nc1cccc(C(=O)NN=Cc2ccc(SC)cc2)c1. The highest BCUT2D eigenvalue weighted by atomic mass is 32.2. The van der Waals surface area contributed by atoms with Crippen LogP contribution in [0.15, 0.2) is 58.5 Å². The van der Waals surface area contributed by atoms with E-state index in [0.29, 0.717) is 17.7 Å². The van der Waals surface area contributed by atoms with Gasteiger partial charge in [-0.3, -0.25) is 9.59 Å². The number of thioether (sulfide) groups is 1. The number of hydrogen-bond donors (Lipinski definition) is 2. The molecule has 2 N–H and O–H groups in total. The summed E-state index contributed by atoms with van der Waals surface area (Å²) < 4.78 is 0. The van der Waals surface area contributed by atoms with Crippen LogP contribution >= 0.6 is 11.8 Å². The molecule has 5 nitrogen and oxygen atoms in total. The number of amides is 2. The standard InChI is InChI=1S/C22H27N3O2S/c1-3-4-5-6-10-21(26)24-19-9-7-8-18(15-19)22(27)25-23-16-17-11-13-20(28-2)14-12-17/h7-9,11-16H,3-6,10H2,1-2H3,(H,24,26)(H,25,27). The Bertz CT molecular complexity index is 804. The van der Waals surface area contributed by atoms with Gasteiger partial charge in [-0.15, -0.1) is 11.8 Å².